The molecule has 6 atom stereocenters. The first kappa shape index (κ1) is 32.2. The van der Waals surface area contributed by atoms with Gasteiger partial charge in [-0.05, 0) is 86.3 Å². The lowest BCUT2D eigenvalue weighted by atomic mass is 9.47. The third kappa shape index (κ3) is 6.92. The Morgan fingerprint density at radius 1 is 1.04 bits per heavy atom. The molecule has 1 aromatic heterocycles. The zero-order valence-electron chi connectivity index (χ0n) is 26.6. The summed E-state index contributed by atoms with van der Waals surface area (Å²) < 4.78 is 48.6. The summed E-state index contributed by atoms with van der Waals surface area (Å²) in [5, 5.41) is 16.2. The van der Waals surface area contributed by atoms with Crippen molar-refractivity contribution >= 4 is 17.7 Å². The molecule has 12 heteroatoms. The zero-order valence-corrected chi connectivity index (χ0v) is 26.6. The molecule has 252 valence electrons. The minimum atomic E-state index is -4.81. The van der Waals surface area contributed by atoms with Crippen molar-refractivity contribution in [2.45, 2.75) is 76.5 Å². The Morgan fingerprint density at radius 2 is 1.79 bits per heavy atom. The number of hydrogen-bond donors (Lipinski definition) is 2. The van der Waals surface area contributed by atoms with E-state index in [0.717, 1.165) is 44.2 Å². The molecule has 5 aliphatic rings. The zero-order chi connectivity index (χ0) is 33.3. The van der Waals surface area contributed by atoms with Crippen LogP contribution in [0.25, 0.3) is 0 Å². The van der Waals surface area contributed by atoms with E-state index in [9.17, 15) is 23.2 Å². The van der Waals surface area contributed by atoms with Gasteiger partial charge in [0.1, 0.15) is 35.8 Å². The highest BCUT2D eigenvalue weighted by Crippen LogP contribution is 2.61. The molecule has 2 aromatic carbocycles. The average molecular weight is 661 g/mol. The Hall–Kier alpha value is -4.37. The van der Waals surface area contributed by atoms with Gasteiger partial charge in [-0.15, -0.1) is 13.2 Å². The summed E-state index contributed by atoms with van der Waals surface area (Å²) in [5.74, 6) is 1.83. The third-order valence-corrected chi connectivity index (χ3v) is 10.7. The number of aromatic nitrogens is 2. The number of anilines is 2. The Balaban J connectivity index is 0.999. The van der Waals surface area contributed by atoms with Crippen LogP contribution in [0.4, 0.5) is 24.9 Å². The fourth-order valence-electron chi connectivity index (χ4n) is 9.15. The normalized spacial score (nSPS) is 27.8. The van der Waals surface area contributed by atoms with Gasteiger partial charge >= 0.3 is 12.3 Å². The van der Waals surface area contributed by atoms with Crippen LogP contribution in [0.15, 0.2) is 60.8 Å². The fraction of sp³-hybridized carbons (Fsp3) is 0.500. The molecule has 2 heterocycles. The van der Waals surface area contributed by atoms with Crippen LogP contribution in [0.2, 0.25) is 0 Å². The summed E-state index contributed by atoms with van der Waals surface area (Å²) in [7, 11) is 0. The molecule has 2 N–H and O–H groups in total. The van der Waals surface area contributed by atoms with Gasteiger partial charge in [0.05, 0.1) is 6.20 Å². The van der Waals surface area contributed by atoms with Crippen LogP contribution < -0.4 is 15.4 Å². The van der Waals surface area contributed by atoms with Crippen LogP contribution in [0.3, 0.4) is 0 Å². The maximum Gasteiger partial charge on any atom is 0.573 e. The number of likely N-dealkylation sites (tertiary alicyclic amines) is 1. The molecule has 1 saturated heterocycles. The molecule has 9 nitrogen and oxygen atoms in total. The number of nitrogens with one attached hydrogen (secondary N) is 2. The summed E-state index contributed by atoms with van der Waals surface area (Å²) in [4.78, 5) is 24.5. The lowest BCUT2D eigenvalue weighted by Gasteiger charge is -2.62. The first-order valence-corrected chi connectivity index (χ1v) is 16.7. The van der Waals surface area contributed by atoms with Gasteiger partial charge in [-0.1, -0.05) is 48.5 Å². The summed E-state index contributed by atoms with van der Waals surface area (Å²) in [6.45, 7) is 1.89. The van der Waals surface area contributed by atoms with E-state index in [2.05, 4.69) is 36.3 Å². The van der Waals surface area contributed by atoms with Gasteiger partial charge in [0.15, 0.2) is 0 Å². The topological polar surface area (TPSA) is 112 Å². The van der Waals surface area contributed by atoms with E-state index in [1.165, 1.54) is 37.2 Å². The lowest BCUT2D eigenvalue weighted by Crippen LogP contribution is -2.62. The Labute approximate surface area is 277 Å². The van der Waals surface area contributed by atoms with Gasteiger partial charge in [-0.3, -0.25) is 9.69 Å². The second-order valence-corrected chi connectivity index (χ2v) is 13.9. The number of rotatable bonds is 11. The number of nitrogens with zero attached hydrogens (tertiary/aromatic N) is 4. The number of carbonyl (C=O) groups is 1. The monoisotopic (exact) mass is 660 g/mol. The number of alkyl halides is 3. The minimum Gasteiger partial charge on any atom is -0.460 e. The van der Waals surface area contributed by atoms with E-state index >= 15 is 0 Å². The van der Waals surface area contributed by atoms with Gasteiger partial charge in [0.25, 0.3) is 0 Å². The van der Waals surface area contributed by atoms with Crippen molar-refractivity contribution in [3.63, 3.8) is 0 Å². The highest BCUT2D eigenvalue weighted by atomic mass is 19.4. The molecule has 0 amide bonds. The Morgan fingerprint density at radius 3 is 2.54 bits per heavy atom. The smallest absolute Gasteiger partial charge is 0.460 e. The summed E-state index contributed by atoms with van der Waals surface area (Å²) in [6.07, 6.45) is 4.03. The molecule has 4 aliphatic carbocycles. The van der Waals surface area contributed by atoms with Gasteiger partial charge in [0, 0.05) is 24.7 Å². The molecule has 0 radical (unpaired) electrons. The van der Waals surface area contributed by atoms with Crippen molar-refractivity contribution in [1.82, 2.24) is 14.9 Å². The van der Waals surface area contributed by atoms with Crippen molar-refractivity contribution in [2.24, 2.45) is 23.2 Å². The average Bonchev–Trinajstić information content (AvgIpc) is 3.55. The first-order chi connectivity index (χ1) is 23.2. The van der Waals surface area contributed by atoms with E-state index in [1.54, 1.807) is 6.07 Å². The second-order valence-electron chi connectivity index (χ2n) is 13.9. The van der Waals surface area contributed by atoms with E-state index in [1.807, 2.05) is 30.3 Å². The molecular formula is C36H39F3N6O3. The number of halogens is 3. The number of para-hydroxylation sites is 1. The van der Waals surface area contributed by atoms with Crippen molar-refractivity contribution in [2.75, 3.05) is 23.7 Å². The quantitative estimate of drug-likeness (QED) is 0.218. The van der Waals surface area contributed by atoms with Crippen LogP contribution in [-0.2, 0) is 22.7 Å². The number of benzene rings is 2. The van der Waals surface area contributed by atoms with Crippen LogP contribution in [0, 0.1) is 34.5 Å². The highest BCUT2D eigenvalue weighted by Gasteiger charge is 2.58. The van der Waals surface area contributed by atoms with Gasteiger partial charge in [-0.2, -0.15) is 10.2 Å². The predicted molar refractivity (Wildman–Crippen MR) is 171 cm³/mol. The van der Waals surface area contributed by atoms with E-state index in [4.69, 9.17) is 4.74 Å². The molecule has 8 rings (SSSR count). The van der Waals surface area contributed by atoms with E-state index in [-0.39, 0.29) is 35.7 Å². The Kier molecular flexibility index (Phi) is 8.90. The maximum atomic E-state index is 13.3. The van der Waals surface area contributed by atoms with Gasteiger partial charge in [-0.25, -0.2) is 4.98 Å². The molecule has 48 heavy (non-hydrogen) atoms. The van der Waals surface area contributed by atoms with Crippen LogP contribution >= 0.6 is 0 Å². The van der Waals surface area contributed by atoms with Crippen LogP contribution in [-0.4, -0.2) is 52.4 Å². The largest absolute Gasteiger partial charge is 0.573 e. The number of ether oxygens (including phenoxy) is 2. The number of esters is 1. The van der Waals surface area contributed by atoms with Crippen molar-refractivity contribution in [3.8, 4) is 11.8 Å². The SMILES string of the molecule is N#Cc1cnc(NCc2ccccc2OC(F)(F)F)nc1NC[C@]12CC3C[C@H](C1)C(N1CCCC1C(=O)OCc1ccccc1)[C@@H](C3)C2. The number of hydrogen-bond acceptors (Lipinski definition) is 9. The summed E-state index contributed by atoms with van der Waals surface area (Å²) in [5.41, 5.74) is 1.66. The maximum absolute atomic E-state index is 13.3. The number of nitriles is 1. The summed E-state index contributed by atoms with van der Waals surface area (Å²) >= 11 is 0. The van der Waals surface area contributed by atoms with Crippen molar-refractivity contribution in [1.29, 1.82) is 5.26 Å². The Bertz CT molecular complexity index is 1650. The van der Waals surface area contributed by atoms with E-state index < -0.39 is 6.36 Å². The minimum absolute atomic E-state index is 0.00521. The first-order valence-electron chi connectivity index (χ1n) is 16.7. The summed E-state index contributed by atoms with van der Waals surface area (Å²) in [6, 6.07) is 18.0. The molecular weight excluding hydrogens is 621 g/mol. The molecule has 3 aromatic rings. The van der Waals surface area contributed by atoms with Gasteiger partial charge < -0.3 is 20.1 Å². The third-order valence-electron chi connectivity index (χ3n) is 10.7. The van der Waals surface area contributed by atoms with E-state index in [0.29, 0.717) is 53.9 Å². The number of carbonyl (C=O) groups excluding carboxylic acids is 1. The van der Waals surface area contributed by atoms with Crippen LogP contribution in [0.5, 0.6) is 5.75 Å². The van der Waals surface area contributed by atoms with Gasteiger partial charge in [0.2, 0.25) is 5.95 Å². The van der Waals surface area contributed by atoms with Crippen molar-refractivity contribution in [3.05, 3.63) is 77.5 Å². The fourth-order valence-corrected chi connectivity index (χ4v) is 9.15. The lowest BCUT2D eigenvalue weighted by molar-refractivity contribution is -0.274. The molecule has 5 fully saturated rings. The molecule has 3 unspecified atom stereocenters. The molecule has 4 saturated carbocycles. The predicted octanol–water partition coefficient (Wildman–Crippen LogP) is 6.67. The van der Waals surface area contributed by atoms with Crippen molar-refractivity contribution < 1.29 is 27.4 Å². The van der Waals surface area contributed by atoms with Crippen LogP contribution in [0.1, 0.15) is 61.6 Å². The standard InChI is InChI=1S/C36H39F3N6O3/c37-36(38,39)48-30-11-5-4-9-25(30)19-41-34-42-20-28(18-40)32(44-34)43-22-35-15-24-13-26(16-35)31(27(14-24)17-35)45-12-6-10-29(45)33(46)47-21-23-7-2-1-3-8-23/h1-5,7-9,11,20,24,26-27,29,31H,6,10,12-17,19,21-22H2,(H2,41,42,43,44)/t24?,26-,27+,29?,31?,35-. The molecule has 0 spiro atoms. The highest BCUT2D eigenvalue weighted by molar-refractivity contribution is 5.76. The second kappa shape index (κ2) is 13.3. The molecule has 1 aliphatic heterocycles. The molecule has 4 bridgehead atoms.